The van der Waals surface area contributed by atoms with Gasteiger partial charge >= 0.3 is 6.18 Å². The summed E-state index contributed by atoms with van der Waals surface area (Å²) < 4.78 is 45.4. The Kier molecular flexibility index (Phi) is 5.42. The zero-order valence-corrected chi connectivity index (χ0v) is 15.3. The Labute approximate surface area is 155 Å². The van der Waals surface area contributed by atoms with Gasteiger partial charge < -0.3 is 8.98 Å². The van der Waals surface area contributed by atoms with Gasteiger partial charge in [-0.3, -0.25) is 4.90 Å². The molecule has 2 heterocycles. The van der Waals surface area contributed by atoms with Crippen LogP contribution in [0.4, 0.5) is 13.2 Å². The Morgan fingerprint density at radius 2 is 1.88 bits per heavy atom. The molecule has 10 heteroatoms. The maximum absolute atomic E-state index is 12.6. The minimum Gasteiger partial charge on any atom is -0.419 e. The van der Waals surface area contributed by atoms with Crippen LogP contribution in [0.25, 0.3) is 11.5 Å². The molecule has 0 saturated heterocycles. The van der Waals surface area contributed by atoms with Gasteiger partial charge in [0.2, 0.25) is 11.8 Å². The van der Waals surface area contributed by atoms with Crippen LogP contribution in [0.5, 0.6) is 0 Å². The minimum absolute atomic E-state index is 0.221. The highest BCUT2D eigenvalue weighted by Crippen LogP contribution is 2.21. The second-order valence-corrected chi connectivity index (χ2v) is 6.68. The lowest BCUT2D eigenvalue weighted by molar-refractivity contribution is -0.141. The predicted octanol–water partition coefficient (Wildman–Crippen LogP) is 3.89. The summed E-state index contributed by atoms with van der Waals surface area (Å²) in [5.74, 6) is 1.08. The van der Waals surface area contributed by atoms with Crippen LogP contribution in [-0.2, 0) is 19.6 Å². The number of rotatable bonds is 6. The molecule has 2 aromatic heterocycles. The van der Waals surface area contributed by atoms with Crippen LogP contribution in [-0.4, -0.2) is 37.9 Å². The molecular weight excluding hydrogens is 415 g/mol. The Morgan fingerprint density at radius 1 is 1.15 bits per heavy atom. The molecule has 0 atom stereocenters. The van der Waals surface area contributed by atoms with Crippen molar-refractivity contribution < 1.29 is 17.6 Å². The lowest BCUT2D eigenvalue weighted by Crippen LogP contribution is -2.24. The number of aromatic nitrogens is 4. The molecule has 0 amide bonds. The summed E-state index contributed by atoms with van der Waals surface area (Å²) in [5.41, 5.74) is 0.787. The zero-order valence-electron chi connectivity index (χ0n) is 13.7. The van der Waals surface area contributed by atoms with Gasteiger partial charge in [-0.05, 0) is 31.3 Å². The van der Waals surface area contributed by atoms with E-state index in [9.17, 15) is 13.2 Å². The van der Waals surface area contributed by atoms with E-state index in [1.165, 1.54) is 12.4 Å². The average Bonchev–Trinajstić information content (AvgIpc) is 3.17. The Balaban J connectivity index is 1.63. The van der Waals surface area contributed by atoms with E-state index in [1.54, 1.807) is 11.9 Å². The molecule has 0 spiro atoms. The Morgan fingerprint density at radius 3 is 2.58 bits per heavy atom. The summed E-state index contributed by atoms with van der Waals surface area (Å²) in [7, 11) is 1.75. The van der Waals surface area contributed by atoms with E-state index in [0.717, 1.165) is 14.6 Å². The van der Waals surface area contributed by atoms with E-state index >= 15 is 0 Å². The molecule has 0 N–H and O–H groups in total. The fraction of sp³-hybridized carbons (Fsp3) is 0.312. The summed E-state index contributed by atoms with van der Waals surface area (Å²) in [6.45, 7) is -0.550. The molecule has 0 aliphatic heterocycles. The third kappa shape index (κ3) is 4.92. The van der Waals surface area contributed by atoms with Gasteiger partial charge in [0.25, 0.3) is 0 Å². The molecule has 6 nitrogen and oxygen atoms in total. The second-order valence-electron chi connectivity index (χ2n) is 5.77. The smallest absolute Gasteiger partial charge is 0.406 e. The number of hydrogen-bond donors (Lipinski definition) is 0. The number of alkyl halides is 3. The minimum atomic E-state index is -4.29. The molecule has 0 radical (unpaired) electrons. The molecule has 0 bridgehead atoms. The number of imidazole rings is 1. The quantitative estimate of drug-likeness (QED) is 0.594. The fourth-order valence-electron chi connectivity index (χ4n) is 2.38. The van der Waals surface area contributed by atoms with Gasteiger partial charge in [0.05, 0.1) is 13.1 Å². The molecule has 0 aliphatic carbocycles. The SMILES string of the molecule is CN(Cc1nnc(-c2ccc(Br)cc2)o1)Cc1nccn1CC(F)(F)F. The van der Waals surface area contributed by atoms with Crippen LogP contribution in [0.1, 0.15) is 11.7 Å². The Hall–Kier alpha value is -2.20. The summed E-state index contributed by atoms with van der Waals surface area (Å²) >= 11 is 3.36. The largest absolute Gasteiger partial charge is 0.419 e. The van der Waals surface area contributed by atoms with Crippen LogP contribution in [0.2, 0.25) is 0 Å². The van der Waals surface area contributed by atoms with Gasteiger partial charge in [0.1, 0.15) is 12.4 Å². The third-order valence-corrected chi connectivity index (χ3v) is 4.05. The lowest BCUT2D eigenvalue weighted by Gasteiger charge is -2.16. The standard InChI is InChI=1S/C16H15BrF3N5O/c1-24(8-13-21-6-7-25(13)10-16(18,19)20)9-14-22-23-15(26-14)11-2-4-12(17)5-3-11/h2-7H,8-10H2,1H3. The van der Waals surface area contributed by atoms with Crippen molar-refractivity contribution >= 4 is 15.9 Å². The van der Waals surface area contributed by atoms with Crippen LogP contribution < -0.4 is 0 Å². The van der Waals surface area contributed by atoms with Gasteiger partial charge in [-0.2, -0.15) is 13.2 Å². The van der Waals surface area contributed by atoms with E-state index in [2.05, 4.69) is 31.1 Å². The van der Waals surface area contributed by atoms with Gasteiger partial charge in [0, 0.05) is 22.4 Å². The van der Waals surface area contributed by atoms with Gasteiger partial charge in [0.15, 0.2) is 0 Å². The number of nitrogens with zero attached hydrogens (tertiary/aromatic N) is 5. The highest BCUT2D eigenvalue weighted by atomic mass is 79.9. The van der Waals surface area contributed by atoms with Gasteiger partial charge in [-0.25, -0.2) is 4.98 Å². The Bertz CT molecular complexity index is 859. The lowest BCUT2D eigenvalue weighted by atomic mass is 10.2. The number of benzene rings is 1. The number of halogens is 4. The topological polar surface area (TPSA) is 60.0 Å². The molecular formula is C16H15BrF3N5O. The zero-order chi connectivity index (χ0) is 18.7. The highest BCUT2D eigenvalue weighted by Gasteiger charge is 2.29. The molecule has 0 unspecified atom stereocenters. The van der Waals surface area contributed by atoms with E-state index in [4.69, 9.17) is 4.42 Å². The highest BCUT2D eigenvalue weighted by molar-refractivity contribution is 9.10. The van der Waals surface area contributed by atoms with Crippen LogP contribution in [0, 0.1) is 0 Å². The molecule has 26 heavy (non-hydrogen) atoms. The van der Waals surface area contributed by atoms with E-state index in [0.29, 0.717) is 24.2 Å². The van der Waals surface area contributed by atoms with Crippen molar-refractivity contribution in [1.82, 2.24) is 24.6 Å². The van der Waals surface area contributed by atoms with Crippen LogP contribution >= 0.6 is 15.9 Å². The molecule has 3 aromatic rings. The molecule has 138 valence electrons. The molecule has 0 aliphatic rings. The maximum atomic E-state index is 12.6. The van der Waals surface area contributed by atoms with E-state index < -0.39 is 12.7 Å². The molecule has 0 saturated carbocycles. The van der Waals surface area contributed by atoms with Crippen LogP contribution in [0.15, 0.2) is 45.5 Å². The molecule has 3 rings (SSSR count). The second kappa shape index (κ2) is 7.58. The first-order valence-electron chi connectivity index (χ1n) is 7.64. The van der Waals surface area contributed by atoms with Crippen molar-refractivity contribution in [2.75, 3.05) is 7.05 Å². The van der Waals surface area contributed by atoms with Crippen molar-refractivity contribution in [3.05, 3.63) is 52.8 Å². The van der Waals surface area contributed by atoms with E-state index in [-0.39, 0.29) is 6.54 Å². The first-order valence-corrected chi connectivity index (χ1v) is 8.43. The monoisotopic (exact) mass is 429 g/mol. The van der Waals surface area contributed by atoms with Gasteiger partial charge in [-0.15, -0.1) is 10.2 Å². The fourth-order valence-corrected chi connectivity index (χ4v) is 2.65. The summed E-state index contributed by atoms with van der Waals surface area (Å²) in [6.07, 6.45) is -1.62. The summed E-state index contributed by atoms with van der Waals surface area (Å²) in [4.78, 5) is 5.75. The first-order chi connectivity index (χ1) is 12.3. The number of hydrogen-bond acceptors (Lipinski definition) is 5. The van der Waals surface area contributed by atoms with Crippen LogP contribution in [0.3, 0.4) is 0 Å². The first kappa shape index (κ1) is 18.6. The van der Waals surface area contributed by atoms with Crippen molar-refractivity contribution in [2.45, 2.75) is 25.8 Å². The van der Waals surface area contributed by atoms with Crippen molar-refractivity contribution in [3.63, 3.8) is 0 Å². The van der Waals surface area contributed by atoms with E-state index in [1.807, 2.05) is 24.3 Å². The third-order valence-electron chi connectivity index (χ3n) is 3.53. The average molecular weight is 430 g/mol. The maximum Gasteiger partial charge on any atom is 0.406 e. The molecule has 1 aromatic carbocycles. The van der Waals surface area contributed by atoms with Crippen molar-refractivity contribution in [3.8, 4) is 11.5 Å². The normalized spacial score (nSPS) is 12.1. The van der Waals surface area contributed by atoms with Gasteiger partial charge in [-0.1, -0.05) is 15.9 Å². The predicted molar refractivity (Wildman–Crippen MR) is 90.9 cm³/mol. The molecule has 0 fully saturated rings. The van der Waals surface area contributed by atoms with Crippen molar-refractivity contribution in [2.24, 2.45) is 0 Å². The summed E-state index contributed by atoms with van der Waals surface area (Å²) in [6, 6.07) is 7.43. The van der Waals surface area contributed by atoms with Crippen molar-refractivity contribution in [1.29, 1.82) is 0 Å². The summed E-state index contributed by atoms with van der Waals surface area (Å²) in [5, 5.41) is 7.99.